The largest absolute Gasteiger partial charge is 0.380 e. The summed E-state index contributed by atoms with van der Waals surface area (Å²) in [4.78, 5) is 39.2. The summed E-state index contributed by atoms with van der Waals surface area (Å²) in [5.74, 6) is 1.23. The van der Waals surface area contributed by atoms with Crippen molar-refractivity contribution in [3.8, 4) is 0 Å². The Kier molecular flexibility index (Phi) is 6.68. The predicted molar refractivity (Wildman–Crippen MR) is 130 cm³/mol. The molecule has 172 valence electrons. The number of amides is 1. The first-order valence-corrected chi connectivity index (χ1v) is 12.0. The van der Waals surface area contributed by atoms with Crippen LogP contribution in [0.1, 0.15) is 56.6 Å². The molecule has 0 atom stereocenters. The molecular formula is C26H35N3O3. The van der Waals surface area contributed by atoms with Crippen LogP contribution < -0.4 is 26.4 Å². The van der Waals surface area contributed by atoms with E-state index in [1.807, 2.05) is 26.0 Å². The van der Waals surface area contributed by atoms with Gasteiger partial charge in [-0.25, -0.2) is 0 Å². The first-order chi connectivity index (χ1) is 15.3. The van der Waals surface area contributed by atoms with Crippen molar-refractivity contribution in [1.29, 1.82) is 0 Å². The van der Waals surface area contributed by atoms with Crippen LogP contribution in [0.25, 0.3) is 0 Å². The lowest BCUT2D eigenvalue weighted by atomic mass is 9.81. The molecule has 0 radical (unpaired) electrons. The van der Waals surface area contributed by atoms with Gasteiger partial charge in [0, 0.05) is 31.2 Å². The molecule has 1 aliphatic carbocycles. The zero-order valence-electron chi connectivity index (χ0n) is 19.5. The van der Waals surface area contributed by atoms with E-state index in [9.17, 15) is 14.4 Å². The Morgan fingerprint density at radius 2 is 1.69 bits per heavy atom. The van der Waals surface area contributed by atoms with Gasteiger partial charge >= 0.3 is 0 Å². The summed E-state index contributed by atoms with van der Waals surface area (Å²) >= 11 is 0. The van der Waals surface area contributed by atoms with Gasteiger partial charge in [-0.15, -0.1) is 0 Å². The van der Waals surface area contributed by atoms with Crippen molar-refractivity contribution in [2.24, 2.45) is 17.8 Å². The van der Waals surface area contributed by atoms with Crippen LogP contribution >= 0.6 is 0 Å². The third-order valence-corrected chi connectivity index (χ3v) is 7.42. The van der Waals surface area contributed by atoms with Crippen LogP contribution in [0.3, 0.4) is 0 Å². The fraction of sp³-hybridized carbons (Fsp3) is 0.577. The summed E-state index contributed by atoms with van der Waals surface area (Å²) in [6.45, 7) is 8.66. The predicted octanol–water partition coefficient (Wildman–Crippen LogP) is 3.99. The minimum atomic E-state index is -0.375. The number of carbonyl (C=O) groups excluding carboxylic acids is 1. The summed E-state index contributed by atoms with van der Waals surface area (Å²) in [6.07, 6.45) is 5.73. The van der Waals surface area contributed by atoms with E-state index in [0.717, 1.165) is 68.4 Å². The van der Waals surface area contributed by atoms with Crippen molar-refractivity contribution in [1.82, 2.24) is 0 Å². The van der Waals surface area contributed by atoms with Crippen LogP contribution in [0.2, 0.25) is 0 Å². The lowest BCUT2D eigenvalue weighted by Crippen LogP contribution is -2.45. The molecule has 0 unspecified atom stereocenters. The number of hydrogen-bond donors (Lipinski definition) is 2. The molecule has 2 aromatic rings. The van der Waals surface area contributed by atoms with E-state index in [0.29, 0.717) is 29.8 Å². The van der Waals surface area contributed by atoms with E-state index < -0.39 is 0 Å². The minimum Gasteiger partial charge on any atom is -0.380 e. The number of piperidine rings is 1. The molecule has 2 N–H and O–H groups in total. The van der Waals surface area contributed by atoms with Crippen molar-refractivity contribution in [2.75, 3.05) is 35.2 Å². The van der Waals surface area contributed by atoms with Gasteiger partial charge in [0.05, 0.1) is 0 Å². The maximum Gasteiger partial charge on any atom is 0.253 e. The first-order valence-electron chi connectivity index (χ1n) is 12.0. The molecule has 1 saturated heterocycles. The maximum atomic E-state index is 12.8. The van der Waals surface area contributed by atoms with E-state index in [2.05, 4.69) is 28.5 Å². The van der Waals surface area contributed by atoms with Crippen LogP contribution in [0.15, 0.2) is 27.8 Å². The summed E-state index contributed by atoms with van der Waals surface area (Å²) in [6, 6.07) is 6.11. The average Bonchev–Trinajstić information content (AvgIpc) is 2.79. The monoisotopic (exact) mass is 437 g/mol. The highest BCUT2D eigenvalue weighted by atomic mass is 16.2. The van der Waals surface area contributed by atoms with Gasteiger partial charge in [0.2, 0.25) is 5.91 Å². The smallest absolute Gasteiger partial charge is 0.253 e. The number of anilines is 3. The SMILES string of the molecule is Cc1ccc(C)c(NC(=O)C2CCC(CNc3c(N4CCC(C)CC4)c(=O)c3=O)CC2)c1. The highest BCUT2D eigenvalue weighted by Gasteiger charge is 2.30. The number of carbonyl (C=O) groups is 1. The molecule has 6 nitrogen and oxygen atoms in total. The molecule has 0 aromatic heterocycles. The van der Waals surface area contributed by atoms with Gasteiger partial charge < -0.3 is 15.5 Å². The third-order valence-electron chi connectivity index (χ3n) is 7.42. The summed E-state index contributed by atoms with van der Waals surface area (Å²) in [5, 5.41) is 6.40. The van der Waals surface area contributed by atoms with Gasteiger partial charge in [0.15, 0.2) is 0 Å². The zero-order chi connectivity index (χ0) is 22.8. The van der Waals surface area contributed by atoms with Crippen LogP contribution in [-0.2, 0) is 4.79 Å². The Balaban J connectivity index is 1.28. The van der Waals surface area contributed by atoms with Crippen LogP contribution in [0.5, 0.6) is 0 Å². The zero-order valence-corrected chi connectivity index (χ0v) is 19.5. The minimum absolute atomic E-state index is 0.0307. The Morgan fingerprint density at radius 1 is 1.00 bits per heavy atom. The van der Waals surface area contributed by atoms with E-state index in [4.69, 9.17) is 0 Å². The Morgan fingerprint density at radius 3 is 2.38 bits per heavy atom. The lowest BCUT2D eigenvalue weighted by Gasteiger charge is -2.34. The summed E-state index contributed by atoms with van der Waals surface area (Å²) < 4.78 is 0. The molecule has 0 spiro atoms. The van der Waals surface area contributed by atoms with E-state index >= 15 is 0 Å². The van der Waals surface area contributed by atoms with Gasteiger partial charge in [0.1, 0.15) is 11.4 Å². The molecule has 6 heteroatoms. The Bertz CT molecular complexity index is 1040. The molecule has 32 heavy (non-hydrogen) atoms. The second-order valence-corrected chi connectivity index (χ2v) is 9.96. The van der Waals surface area contributed by atoms with Crippen molar-refractivity contribution < 1.29 is 4.79 Å². The second kappa shape index (κ2) is 9.47. The van der Waals surface area contributed by atoms with Crippen molar-refractivity contribution in [3.05, 3.63) is 49.8 Å². The molecule has 2 aliphatic rings. The average molecular weight is 438 g/mol. The Labute approximate surface area is 190 Å². The number of hydrogen-bond acceptors (Lipinski definition) is 5. The van der Waals surface area contributed by atoms with Crippen LogP contribution in [-0.4, -0.2) is 25.5 Å². The van der Waals surface area contributed by atoms with Gasteiger partial charge in [-0.05, 0) is 81.4 Å². The highest BCUT2D eigenvalue weighted by Crippen LogP contribution is 2.32. The third kappa shape index (κ3) is 4.74. The number of rotatable bonds is 6. The molecule has 1 heterocycles. The van der Waals surface area contributed by atoms with E-state index in [1.165, 1.54) is 0 Å². The fourth-order valence-corrected chi connectivity index (χ4v) is 5.06. The quantitative estimate of drug-likeness (QED) is 0.668. The first kappa shape index (κ1) is 22.6. The van der Waals surface area contributed by atoms with Crippen molar-refractivity contribution >= 4 is 23.0 Å². The maximum absolute atomic E-state index is 12.8. The number of aryl methyl sites for hydroxylation is 2. The number of nitrogens with zero attached hydrogens (tertiary/aromatic N) is 1. The molecule has 1 amide bonds. The molecule has 1 saturated carbocycles. The Hall–Kier alpha value is -2.63. The number of benzene rings is 1. The lowest BCUT2D eigenvalue weighted by molar-refractivity contribution is -0.121. The molecular weight excluding hydrogens is 402 g/mol. The van der Waals surface area contributed by atoms with Gasteiger partial charge in [-0.1, -0.05) is 19.1 Å². The topological polar surface area (TPSA) is 78.5 Å². The molecule has 1 aliphatic heterocycles. The van der Waals surface area contributed by atoms with Crippen LogP contribution in [0, 0.1) is 31.6 Å². The fourth-order valence-electron chi connectivity index (χ4n) is 5.06. The van der Waals surface area contributed by atoms with Crippen LogP contribution in [0.4, 0.5) is 17.1 Å². The van der Waals surface area contributed by atoms with Crippen molar-refractivity contribution in [2.45, 2.75) is 59.3 Å². The molecule has 4 rings (SSSR count). The number of nitrogens with one attached hydrogen (secondary N) is 2. The molecule has 2 fully saturated rings. The van der Waals surface area contributed by atoms with E-state index in [-0.39, 0.29) is 22.7 Å². The summed E-state index contributed by atoms with van der Waals surface area (Å²) in [7, 11) is 0. The van der Waals surface area contributed by atoms with Gasteiger partial charge in [-0.3, -0.25) is 14.4 Å². The van der Waals surface area contributed by atoms with Gasteiger partial charge in [0.25, 0.3) is 10.9 Å². The van der Waals surface area contributed by atoms with Gasteiger partial charge in [-0.2, -0.15) is 0 Å². The standard InChI is InChI=1S/C26H35N3O3/c1-16-10-12-29(13-11-16)23-22(24(30)25(23)31)27-15-19-6-8-20(9-7-19)26(32)28-21-14-17(2)4-5-18(21)3/h4-5,14,16,19-20,27H,6-13,15H2,1-3H3,(H,28,32). The molecule has 2 aromatic carbocycles. The second-order valence-electron chi connectivity index (χ2n) is 9.96. The highest BCUT2D eigenvalue weighted by molar-refractivity contribution is 5.93. The van der Waals surface area contributed by atoms with E-state index in [1.54, 1.807) is 0 Å². The normalized spacial score (nSPS) is 22.2. The summed E-state index contributed by atoms with van der Waals surface area (Å²) in [5.41, 5.74) is 3.52. The van der Waals surface area contributed by atoms with Crippen molar-refractivity contribution in [3.63, 3.8) is 0 Å². The molecule has 0 bridgehead atoms.